The Morgan fingerprint density at radius 3 is 2.50 bits per heavy atom. The minimum absolute atomic E-state index is 0. The van der Waals surface area contributed by atoms with E-state index < -0.39 is 5.91 Å². The predicted molar refractivity (Wildman–Crippen MR) is 124 cm³/mol. The number of halogens is 1. The molecular weight excluding hydrogens is 434 g/mol. The van der Waals surface area contributed by atoms with E-state index in [2.05, 4.69) is 20.2 Å². The number of ether oxygens (including phenoxy) is 1. The van der Waals surface area contributed by atoms with Crippen molar-refractivity contribution in [3.05, 3.63) is 41.7 Å². The molecule has 2 fully saturated rings. The van der Waals surface area contributed by atoms with Crippen LogP contribution in [0.5, 0.6) is 0 Å². The number of carbonyl (C=O) groups excluding carboxylic acids is 2. The molecule has 1 aromatic carbocycles. The van der Waals surface area contributed by atoms with E-state index in [1.165, 1.54) is 0 Å². The van der Waals surface area contributed by atoms with E-state index in [0.29, 0.717) is 49.9 Å². The second-order valence-corrected chi connectivity index (χ2v) is 7.74. The van der Waals surface area contributed by atoms with Crippen LogP contribution in [0.2, 0.25) is 0 Å². The van der Waals surface area contributed by atoms with E-state index in [0.717, 1.165) is 19.4 Å². The molecule has 1 aromatic heterocycles. The monoisotopic (exact) mass is 461 g/mol. The molecule has 2 aromatic rings. The van der Waals surface area contributed by atoms with Gasteiger partial charge in [0.15, 0.2) is 11.5 Å². The molecule has 0 bridgehead atoms. The van der Waals surface area contributed by atoms with E-state index in [9.17, 15) is 9.59 Å². The van der Waals surface area contributed by atoms with Crippen molar-refractivity contribution in [1.29, 1.82) is 0 Å². The Hall–Kier alpha value is -2.95. The lowest BCUT2D eigenvalue weighted by molar-refractivity contribution is 0.0303. The maximum atomic E-state index is 12.6. The molecule has 4 rings (SSSR count). The number of piperidine rings is 1. The summed E-state index contributed by atoms with van der Waals surface area (Å²) in [4.78, 5) is 37.1. The quantitative estimate of drug-likeness (QED) is 0.602. The number of aromatic nitrogens is 2. The van der Waals surface area contributed by atoms with Crippen molar-refractivity contribution in [3.8, 4) is 0 Å². The number of carbonyl (C=O) groups is 2. The Morgan fingerprint density at radius 2 is 1.84 bits per heavy atom. The van der Waals surface area contributed by atoms with Crippen LogP contribution < -0.4 is 21.7 Å². The molecule has 2 aliphatic rings. The first-order valence-corrected chi connectivity index (χ1v) is 10.4. The molecule has 2 amide bonds. The molecule has 10 nitrogen and oxygen atoms in total. The van der Waals surface area contributed by atoms with Crippen LogP contribution in [-0.4, -0.2) is 72.1 Å². The summed E-state index contributed by atoms with van der Waals surface area (Å²) in [5.41, 5.74) is 12.9. The summed E-state index contributed by atoms with van der Waals surface area (Å²) in [7, 11) is 0. The molecular formula is C21H28ClN7O3. The normalized spacial score (nSPS) is 18.6. The summed E-state index contributed by atoms with van der Waals surface area (Å²) in [6, 6.07) is 7.10. The highest BCUT2D eigenvalue weighted by molar-refractivity contribution is 5.97. The standard InChI is InChI=1S/C21H27N7O3.ClH/c22-15-2-1-7-28(13-15)17-12-24-18(19(23)29)20(26-17)25-16-5-3-14(4-6-16)21(30)27-8-10-31-11-9-27;/h3-6,12,15H,1-2,7-11,13,22H2,(H2,23,29)(H,25,26);1H. The van der Waals surface area contributed by atoms with Crippen LogP contribution in [-0.2, 0) is 4.74 Å². The van der Waals surface area contributed by atoms with Crippen LogP contribution in [0.3, 0.4) is 0 Å². The van der Waals surface area contributed by atoms with Crippen molar-refractivity contribution in [2.75, 3.05) is 49.6 Å². The highest BCUT2D eigenvalue weighted by Crippen LogP contribution is 2.23. The number of amides is 2. The van der Waals surface area contributed by atoms with E-state index in [4.69, 9.17) is 16.2 Å². The largest absolute Gasteiger partial charge is 0.378 e. The molecule has 11 heteroatoms. The topological polar surface area (TPSA) is 140 Å². The molecule has 0 spiro atoms. The van der Waals surface area contributed by atoms with Gasteiger partial charge in [-0.2, -0.15) is 0 Å². The Balaban J connectivity index is 0.00000289. The number of primary amides is 1. The van der Waals surface area contributed by atoms with Crippen molar-refractivity contribution >= 4 is 41.5 Å². The van der Waals surface area contributed by atoms with Crippen LogP contribution in [0, 0.1) is 0 Å². The number of anilines is 3. The molecule has 2 aliphatic heterocycles. The minimum Gasteiger partial charge on any atom is -0.378 e. The summed E-state index contributed by atoms with van der Waals surface area (Å²) in [6.45, 7) is 3.79. The highest BCUT2D eigenvalue weighted by atomic mass is 35.5. The molecule has 3 heterocycles. The summed E-state index contributed by atoms with van der Waals surface area (Å²) < 4.78 is 5.30. The van der Waals surface area contributed by atoms with Gasteiger partial charge in [0.1, 0.15) is 5.82 Å². The van der Waals surface area contributed by atoms with Gasteiger partial charge in [-0.25, -0.2) is 9.97 Å². The number of morpholine rings is 1. The van der Waals surface area contributed by atoms with Gasteiger partial charge in [0, 0.05) is 43.5 Å². The Bertz CT molecular complexity index is 951. The molecule has 0 aliphatic carbocycles. The third kappa shape index (κ3) is 5.45. The first-order valence-electron chi connectivity index (χ1n) is 10.4. The zero-order valence-corrected chi connectivity index (χ0v) is 18.5. The summed E-state index contributed by atoms with van der Waals surface area (Å²) in [5, 5.41) is 3.11. The fraction of sp³-hybridized carbons (Fsp3) is 0.429. The van der Waals surface area contributed by atoms with Crippen molar-refractivity contribution in [2.45, 2.75) is 18.9 Å². The maximum Gasteiger partial charge on any atom is 0.271 e. The number of benzene rings is 1. The van der Waals surface area contributed by atoms with Crippen LogP contribution in [0.25, 0.3) is 0 Å². The van der Waals surface area contributed by atoms with E-state index >= 15 is 0 Å². The van der Waals surface area contributed by atoms with E-state index in [1.807, 2.05) is 0 Å². The summed E-state index contributed by atoms with van der Waals surface area (Å²) in [6.07, 6.45) is 3.50. The summed E-state index contributed by atoms with van der Waals surface area (Å²) in [5.74, 6) is 0.213. The van der Waals surface area contributed by atoms with Crippen LogP contribution in [0.4, 0.5) is 17.3 Å². The van der Waals surface area contributed by atoms with Crippen molar-refractivity contribution in [3.63, 3.8) is 0 Å². The smallest absolute Gasteiger partial charge is 0.271 e. The van der Waals surface area contributed by atoms with Gasteiger partial charge in [0.25, 0.3) is 11.8 Å². The minimum atomic E-state index is -0.670. The highest BCUT2D eigenvalue weighted by Gasteiger charge is 2.22. The summed E-state index contributed by atoms with van der Waals surface area (Å²) >= 11 is 0. The van der Waals surface area contributed by atoms with Gasteiger partial charge in [-0.15, -0.1) is 12.4 Å². The molecule has 0 saturated carbocycles. The number of rotatable bonds is 5. The van der Waals surface area contributed by atoms with Crippen LogP contribution in [0.15, 0.2) is 30.5 Å². The second-order valence-electron chi connectivity index (χ2n) is 7.74. The zero-order chi connectivity index (χ0) is 21.8. The number of nitrogens with zero attached hydrogens (tertiary/aromatic N) is 4. The van der Waals surface area contributed by atoms with Crippen molar-refractivity contribution in [1.82, 2.24) is 14.9 Å². The molecule has 32 heavy (non-hydrogen) atoms. The van der Waals surface area contributed by atoms with Gasteiger partial charge in [-0.1, -0.05) is 0 Å². The Kier molecular flexibility index (Phi) is 7.84. The third-order valence-corrected chi connectivity index (χ3v) is 5.47. The van der Waals surface area contributed by atoms with E-state index in [-0.39, 0.29) is 35.9 Å². The number of nitrogens with one attached hydrogen (secondary N) is 1. The lowest BCUT2D eigenvalue weighted by Gasteiger charge is -2.31. The fourth-order valence-electron chi connectivity index (χ4n) is 3.80. The second kappa shape index (κ2) is 10.6. The predicted octanol–water partition coefficient (Wildman–Crippen LogP) is 1.14. The van der Waals surface area contributed by atoms with Crippen LogP contribution >= 0.6 is 12.4 Å². The lowest BCUT2D eigenvalue weighted by atomic mass is 10.1. The first-order chi connectivity index (χ1) is 15.0. The van der Waals surface area contributed by atoms with Crippen molar-refractivity contribution in [2.24, 2.45) is 11.5 Å². The Labute approximate surface area is 192 Å². The van der Waals surface area contributed by atoms with Gasteiger partial charge < -0.3 is 31.3 Å². The average Bonchev–Trinajstić information content (AvgIpc) is 2.79. The average molecular weight is 462 g/mol. The molecule has 5 N–H and O–H groups in total. The fourth-order valence-corrected chi connectivity index (χ4v) is 3.80. The maximum absolute atomic E-state index is 12.6. The number of hydrogen-bond donors (Lipinski definition) is 3. The van der Waals surface area contributed by atoms with Crippen molar-refractivity contribution < 1.29 is 14.3 Å². The van der Waals surface area contributed by atoms with Gasteiger partial charge in [0.05, 0.1) is 19.4 Å². The first kappa shape index (κ1) is 23.7. The van der Waals surface area contributed by atoms with E-state index in [1.54, 1.807) is 35.4 Å². The zero-order valence-electron chi connectivity index (χ0n) is 17.7. The number of hydrogen-bond acceptors (Lipinski definition) is 8. The number of nitrogens with two attached hydrogens (primary N) is 2. The van der Waals surface area contributed by atoms with Gasteiger partial charge in [-0.05, 0) is 37.1 Å². The molecule has 2 saturated heterocycles. The molecule has 172 valence electrons. The van der Waals surface area contributed by atoms with Crippen LogP contribution in [0.1, 0.15) is 33.7 Å². The van der Waals surface area contributed by atoms with Gasteiger partial charge in [-0.3, -0.25) is 9.59 Å². The lowest BCUT2D eigenvalue weighted by Crippen LogP contribution is -2.43. The molecule has 1 atom stereocenters. The van der Waals surface area contributed by atoms with Gasteiger partial charge in [0.2, 0.25) is 0 Å². The molecule has 1 unspecified atom stereocenters. The Morgan fingerprint density at radius 1 is 1.12 bits per heavy atom. The van der Waals surface area contributed by atoms with Gasteiger partial charge >= 0.3 is 0 Å². The molecule has 0 radical (unpaired) electrons. The third-order valence-electron chi connectivity index (χ3n) is 5.47. The SMILES string of the molecule is Cl.NC(=O)c1ncc(N2CCCC(N)C2)nc1Nc1ccc(C(=O)N2CCOCC2)cc1.